The molecule has 2 rings (SSSR count). The zero-order valence-corrected chi connectivity index (χ0v) is 27.3. The molecule has 0 saturated carbocycles. The van der Waals surface area contributed by atoms with Gasteiger partial charge in [-0.2, -0.15) is 0 Å². The Balaban J connectivity index is 2.56. The Morgan fingerprint density at radius 3 is 1.26 bits per heavy atom. The number of rotatable bonds is 6. The summed E-state index contributed by atoms with van der Waals surface area (Å²) in [7, 11) is 0. The van der Waals surface area contributed by atoms with Crippen molar-refractivity contribution >= 4 is 143 Å². The van der Waals surface area contributed by atoms with Gasteiger partial charge in [0.15, 0.2) is 24.0 Å². The van der Waals surface area contributed by atoms with Gasteiger partial charge in [0.2, 0.25) is 0 Å². The number of hydrogen-bond acceptors (Lipinski definition) is 3. The van der Waals surface area contributed by atoms with Gasteiger partial charge in [-0.25, -0.2) is 0 Å². The summed E-state index contributed by atoms with van der Waals surface area (Å²) in [5, 5.41) is 0. The number of hydrogen-bond donors (Lipinski definition) is 0. The lowest BCUT2D eigenvalue weighted by Gasteiger charge is -2.19. The van der Waals surface area contributed by atoms with E-state index in [9.17, 15) is 0 Å². The fraction of sp³-hybridized carbons (Fsp3) is 0.200. The van der Waals surface area contributed by atoms with Crippen LogP contribution in [-0.2, 0) is 4.74 Å². The second kappa shape index (κ2) is 11.3. The van der Waals surface area contributed by atoms with Crippen molar-refractivity contribution in [2.45, 2.75) is 6.92 Å². The van der Waals surface area contributed by atoms with E-state index < -0.39 is 0 Å². The molecule has 148 valence electrons. The maximum Gasteiger partial charge on any atom is 0.189 e. The van der Waals surface area contributed by atoms with Crippen LogP contribution in [0.4, 0.5) is 0 Å². The first-order valence-electron chi connectivity index (χ1n) is 6.89. The van der Waals surface area contributed by atoms with Gasteiger partial charge in [-0.1, -0.05) is 0 Å². The highest BCUT2D eigenvalue weighted by Gasteiger charge is 2.25. The van der Waals surface area contributed by atoms with Crippen LogP contribution < -0.4 is 9.47 Å². The van der Waals surface area contributed by atoms with Crippen LogP contribution in [0.1, 0.15) is 6.92 Å². The normalized spacial score (nSPS) is 11.0. The van der Waals surface area contributed by atoms with Crippen LogP contribution in [0.2, 0.25) is 0 Å². The SMILES string of the molecule is CCOCOc1c(Br)c(Br)c(Oc2c(Br)c(Br)c(Br)c(Br)c2Br)c(Br)c1Br. The molecule has 0 aliphatic rings. The molecule has 0 aliphatic carbocycles. The molecule has 0 bridgehead atoms. The van der Waals surface area contributed by atoms with Crippen LogP contribution in [0.3, 0.4) is 0 Å². The standard InChI is InChI=1S/C15H7Br9O3/c1-2-25-3-26-13-9(21)11(23)15(12(24)10(13)22)27-14-7(19)5(17)4(16)6(18)8(14)20/h2-3H2,1H3. The minimum absolute atomic E-state index is 0.135. The lowest BCUT2D eigenvalue weighted by atomic mass is 10.3. The molecule has 0 saturated heterocycles. The average molecular weight is 954 g/mol. The van der Waals surface area contributed by atoms with E-state index in [1.54, 1.807) is 0 Å². The monoisotopic (exact) mass is 945 g/mol. The van der Waals surface area contributed by atoms with Crippen molar-refractivity contribution in [2.75, 3.05) is 13.4 Å². The molecule has 0 aromatic heterocycles. The van der Waals surface area contributed by atoms with Gasteiger partial charge in [0.05, 0.1) is 35.8 Å². The number of halogens is 9. The average Bonchev–Trinajstić information content (AvgIpc) is 2.65. The van der Waals surface area contributed by atoms with Gasteiger partial charge in [-0.3, -0.25) is 0 Å². The van der Waals surface area contributed by atoms with Gasteiger partial charge in [0, 0.05) is 11.1 Å². The summed E-state index contributed by atoms with van der Waals surface area (Å²) in [6, 6.07) is 0. The molecule has 0 atom stereocenters. The molecule has 12 heteroatoms. The lowest BCUT2D eigenvalue weighted by molar-refractivity contribution is 0.0214. The third-order valence-electron chi connectivity index (χ3n) is 3.05. The van der Waals surface area contributed by atoms with Gasteiger partial charge >= 0.3 is 0 Å². The van der Waals surface area contributed by atoms with E-state index >= 15 is 0 Å². The molecule has 0 spiro atoms. The molecule has 2 aromatic carbocycles. The first kappa shape index (κ1) is 25.6. The second-order valence-electron chi connectivity index (χ2n) is 4.67. The zero-order chi connectivity index (χ0) is 20.5. The molecule has 0 radical (unpaired) electrons. The lowest BCUT2D eigenvalue weighted by Crippen LogP contribution is -2.04. The topological polar surface area (TPSA) is 27.7 Å². The number of ether oxygens (including phenoxy) is 3. The molecule has 0 aliphatic heterocycles. The van der Waals surface area contributed by atoms with E-state index in [4.69, 9.17) is 14.2 Å². The van der Waals surface area contributed by atoms with E-state index in [1.165, 1.54) is 0 Å². The maximum absolute atomic E-state index is 6.25. The summed E-state index contributed by atoms with van der Waals surface area (Å²) in [5.41, 5.74) is 0. The Morgan fingerprint density at radius 2 is 0.852 bits per heavy atom. The summed E-state index contributed by atoms with van der Waals surface area (Å²) in [6.45, 7) is 2.60. The molecule has 27 heavy (non-hydrogen) atoms. The molecular weight excluding hydrogens is 947 g/mol. The van der Waals surface area contributed by atoms with Gasteiger partial charge < -0.3 is 14.2 Å². The van der Waals surface area contributed by atoms with Crippen molar-refractivity contribution in [3.05, 3.63) is 40.3 Å². The predicted molar refractivity (Wildman–Crippen MR) is 139 cm³/mol. The highest BCUT2D eigenvalue weighted by atomic mass is 79.9. The second-order valence-corrected chi connectivity index (χ2v) is 11.8. The van der Waals surface area contributed by atoms with Crippen LogP contribution in [-0.4, -0.2) is 13.4 Å². The molecule has 2 aromatic rings. The molecule has 0 heterocycles. The third kappa shape index (κ3) is 5.58. The third-order valence-corrected chi connectivity index (χ3v) is 13.2. The van der Waals surface area contributed by atoms with Crippen molar-refractivity contribution in [1.29, 1.82) is 0 Å². The van der Waals surface area contributed by atoms with Gasteiger partial charge in [-0.05, 0) is 150 Å². The van der Waals surface area contributed by atoms with Crippen molar-refractivity contribution < 1.29 is 14.2 Å². The molecule has 0 amide bonds. The fourth-order valence-corrected chi connectivity index (χ4v) is 7.38. The van der Waals surface area contributed by atoms with Gasteiger partial charge in [-0.15, -0.1) is 0 Å². The van der Waals surface area contributed by atoms with Crippen molar-refractivity contribution in [3.63, 3.8) is 0 Å². The Hall–Kier alpha value is 2.32. The summed E-state index contributed by atoms with van der Waals surface area (Å²) in [5.74, 6) is 1.73. The van der Waals surface area contributed by atoms with Crippen LogP contribution in [0.15, 0.2) is 40.3 Å². The molecule has 0 N–H and O–H groups in total. The first-order chi connectivity index (χ1) is 12.6. The maximum atomic E-state index is 6.25. The predicted octanol–water partition coefficient (Wildman–Crippen LogP) is 10.7. The van der Waals surface area contributed by atoms with E-state index in [-0.39, 0.29) is 6.79 Å². The molecule has 3 nitrogen and oxygen atoms in total. The Bertz CT molecular complexity index is 828. The Kier molecular flexibility index (Phi) is 10.7. The van der Waals surface area contributed by atoms with Gasteiger partial charge in [0.25, 0.3) is 0 Å². The quantitative estimate of drug-likeness (QED) is 0.125. The molecular formula is C15H7Br9O3. The first-order valence-corrected chi connectivity index (χ1v) is 14.0. The van der Waals surface area contributed by atoms with E-state index in [1.807, 2.05) is 6.92 Å². The number of benzene rings is 2. The smallest absolute Gasteiger partial charge is 0.189 e. The zero-order valence-electron chi connectivity index (χ0n) is 13.0. The summed E-state index contributed by atoms with van der Waals surface area (Å²) < 4.78 is 23.9. The van der Waals surface area contributed by atoms with Crippen LogP contribution in [0.25, 0.3) is 0 Å². The minimum Gasteiger partial charge on any atom is -0.465 e. The van der Waals surface area contributed by atoms with E-state index in [0.717, 1.165) is 22.4 Å². The van der Waals surface area contributed by atoms with E-state index in [2.05, 4.69) is 143 Å². The van der Waals surface area contributed by atoms with Crippen LogP contribution in [0, 0.1) is 0 Å². The van der Waals surface area contributed by atoms with Crippen LogP contribution in [0.5, 0.6) is 17.2 Å². The van der Waals surface area contributed by atoms with E-state index in [0.29, 0.717) is 41.7 Å². The highest BCUT2D eigenvalue weighted by Crippen LogP contribution is 2.55. The van der Waals surface area contributed by atoms with Gasteiger partial charge in [0.1, 0.15) is 0 Å². The van der Waals surface area contributed by atoms with Crippen LogP contribution >= 0.6 is 143 Å². The largest absolute Gasteiger partial charge is 0.465 e. The summed E-state index contributed by atoms with van der Waals surface area (Å²) in [6.07, 6.45) is 0. The van der Waals surface area contributed by atoms with Crippen molar-refractivity contribution in [3.8, 4) is 17.2 Å². The highest BCUT2D eigenvalue weighted by molar-refractivity contribution is 9.16. The van der Waals surface area contributed by atoms with Crippen molar-refractivity contribution in [2.24, 2.45) is 0 Å². The van der Waals surface area contributed by atoms with Crippen molar-refractivity contribution in [1.82, 2.24) is 0 Å². The summed E-state index contributed by atoms with van der Waals surface area (Å²) >= 11 is 32.0. The summed E-state index contributed by atoms with van der Waals surface area (Å²) in [4.78, 5) is 0. The fourth-order valence-electron chi connectivity index (χ4n) is 1.77. The molecule has 0 unspecified atom stereocenters. The Morgan fingerprint density at radius 1 is 0.519 bits per heavy atom. The minimum atomic E-state index is 0.135. The molecule has 0 fully saturated rings. The Labute approximate surface area is 232 Å².